The molecule has 2 saturated heterocycles. The van der Waals surface area contributed by atoms with E-state index in [4.69, 9.17) is 9.47 Å². The summed E-state index contributed by atoms with van der Waals surface area (Å²) in [7, 11) is 1.85. The lowest BCUT2D eigenvalue weighted by Crippen LogP contribution is -2.72. The quantitative estimate of drug-likeness (QED) is 0.776. The molecule has 1 spiro atoms. The molecule has 21 heavy (non-hydrogen) atoms. The number of likely N-dealkylation sites (tertiary alicyclic amines) is 1. The van der Waals surface area contributed by atoms with E-state index >= 15 is 0 Å². The maximum Gasteiger partial charge on any atom is 0.273 e. The summed E-state index contributed by atoms with van der Waals surface area (Å²) in [6, 6.07) is 0. The minimum atomic E-state index is -0.0473. The maximum absolute atomic E-state index is 13.0. The van der Waals surface area contributed by atoms with Gasteiger partial charge in [-0.1, -0.05) is 0 Å². The topological polar surface area (TPSA) is 56.6 Å². The number of hydrogen-bond donors (Lipinski definition) is 0. The zero-order valence-corrected chi connectivity index (χ0v) is 12.8. The van der Waals surface area contributed by atoms with Crippen molar-refractivity contribution in [3.8, 4) is 0 Å². The third kappa shape index (κ3) is 1.72. The molecule has 2 atom stereocenters. The van der Waals surface area contributed by atoms with Crippen LogP contribution in [0.2, 0.25) is 0 Å². The summed E-state index contributed by atoms with van der Waals surface area (Å²) in [4.78, 5) is 14.9. The lowest BCUT2D eigenvalue weighted by Gasteiger charge is -2.57. The molecule has 0 saturated carbocycles. The Bertz CT molecular complexity index is 600. The Hall–Kier alpha value is -1.40. The first-order chi connectivity index (χ1) is 10.0. The molecule has 0 bridgehead atoms. The van der Waals surface area contributed by atoms with Crippen LogP contribution in [0.15, 0.2) is 0 Å². The molecule has 6 heteroatoms. The van der Waals surface area contributed by atoms with Gasteiger partial charge in [-0.15, -0.1) is 0 Å². The van der Waals surface area contributed by atoms with E-state index in [1.54, 1.807) is 4.68 Å². The third-order valence-electron chi connectivity index (χ3n) is 5.05. The molecular weight excluding hydrogens is 270 g/mol. The Kier molecular flexibility index (Phi) is 2.72. The fraction of sp³-hybridized carbons (Fsp3) is 0.733. The summed E-state index contributed by atoms with van der Waals surface area (Å²) in [5.41, 5.74) is 2.68. The van der Waals surface area contributed by atoms with Crippen LogP contribution in [-0.4, -0.2) is 52.0 Å². The van der Waals surface area contributed by atoms with Gasteiger partial charge in [-0.2, -0.15) is 5.10 Å². The van der Waals surface area contributed by atoms with Gasteiger partial charge in [0.15, 0.2) is 0 Å². The summed E-state index contributed by atoms with van der Waals surface area (Å²) in [5.74, 6) is 0.0992. The van der Waals surface area contributed by atoms with E-state index in [0.29, 0.717) is 13.2 Å². The smallest absolute Gasteiger partial charge is 0.273 e. The summed E-state index contributed by atoms with van der Waals surface area (Å²) >= 11 is 0. The monoisotopic (exact) mass is 291 g/mol. The van der Waals surface area contributed by atoms with E-state index in [0.717, 1.165) is 36.3 Å². The molecule has 1 aromatic rings. The Labute approximate surface area is 124 Å². The number of aromatic nitrogens is 2. The van der Waals surface area contributed by atoms with Crippen molar-refractivity contribution in [2.75, 3.05) is 19.8 Å². The highest BCUT2D eigenvalue weighted by Crippen LogP contribution is 2.40. The van der Waals surface area contributed by atoms with Crippen LogP contribution in [0.3, 0.4) is 0 Å². The fourth-order valence-electron chi connectivity index (χ4n) is 3.75. The molecule has 114 valence electrons. The summed E-state index contributed by atoms with van der Waals surface area (Å²) in [6.07, 6.45) is 1.88. The number of nitrogens with zero attached hydrogens (tertiary/aromatic N) is 3. The number of amides is 1. The van der Waals surface area contributed by atoms with Crippen LogP contribution < -0.4 is 0 Å². The average Bonchev–Trinajstić information content (AvgIpc) is 2.62. The minimum Gasteiger partial charge on any atom is -0.376 e. The van der Waals surface area contributed by atoms with E-state index in [9.17, 15) is 4.79 Å². The Morgan fingerprint density at radius 1 is 1.38 bits per heavy atom. The highest BCUT2D eigenvalue weighted by atomic mass is 16.5. The molecule has 0 aromatic carbocycles. The van der Waals surface area contributed by atoms with Crippen molar-refractivity contribution < 1.29 is 14.3 Å². The van der Waals surface area contributed by atoms with Crippen LogP contribution in [0.5, 0.6) is 0 Å². The van der Waals surface area contributed by atoms with Gasteiger partial charge in [0.05, 0.1) is 36.7 Å². The van der Waals surface area contributed by atoms with Crippen LogP contribution in [0.1, 0.15) is 48.1 Å². The van der Waals surface area contributed by atoms with Gasteiger partial charge in [0.1, 0.15) is 5.69 Å². The van der Waals surface area contributed by atoms with Crippen molar-refractivity contribution in [3.05, 3.63) is 17.0 Å². The minimum absolute atomic E-state index is 0.0311. The number of fused-ring (bicyclic) bond motifs is 1. The first kappa shape index (κ1) is 13.3. The molecular formula is C15H21N3O3. The molecule has 0 radical (unpaired) electrons. The van der Waals surface area contributed by atoms with Crippen LogP contribution >= 0.6 is 0 Å². The predicted molar refractivity (Wildman–Crippen MR) is 75.1 cm³/mol. The van der Waals surface area contributed by atoms with Gasteiger partial charge < -0.3 is 14.4 Å². The molecule has 0 unspecified atom stereocenters. The van der Waals surface area contributed by atoms with Crippen molar-refractivity contribution in [1.29, 1.82) is 0 Å². The Morgan fingerprint density at radius 3 is 2.71 bits per heavy atom. The van der Waals surface area contributed by atoms with Gasteiger partial charge >= 0.3 is 0 Å². The molecule has 3 aliphatic rings. The van der Waals surface area contributed by atoms with Gasteiger partial charge in [0.2, 0.25) is 0 Å². The highest BCUT2D eigenvalue weighted by molar-refractivity contribution is 5.95. The number of aryl methyl sites for hydroxylation is 1. The van der Waals surface area contributed by atoms with E-state index < -0.39 is 0 Å². The molecule has 3 aliphatic heterocycles. The van der Waals surface area contributed by atoms with Crippen molar-refractivity contribution in [2.45, 2.75) is 44.4 Å². The van der Waals surface area contributed by atoms with Gasteiger partial charge in [-0.3, -0.25) is 9.48 Å². The molecule has 2 fully saturated rings. The SMILES string of the molecule is C[C@@H]1Cc2c(nn(C)c2C(=O)N2CCC23COC3)[C@H](C)O1. The van der Waals surface area contributed by atoms with Crippen LogP contribution in [-0.2, 0) is 22.9 Å². The van der Waals surface area contributed by atoms with Gasteiger partial charge in [0, 0.05) is 25.6 Å². The second-order valence-electron chi connectivity index (χ2n) is 6.55. The molecule has 1 amide bonds. The lowest BCUT2D eigenvalue weighted by molar-refractivity contribution is -0.172. The van der Waals surface area contributed by atoms with E-state index in [-0.39, 0.29) is 23.7 Å². The van der Waals surface area contributed by atoms with Crippen molar-refractivity contribution in [2.24, 2.45) is 7.05 Å². The summed E-state index contributed by atoms with van der Waals surface area (Å²) in [5, 5.41) is 4.53. The number of rotatable bonds is 1. The summed E-state index contributed by atoms with van der Waals surface area (Å²) in [6.45, 7) is 6.22. The first-order valence-corrected chi connectivity index (χ1v) is 7.63. The Morgan fingerprint density at radius 2 is 2.14 bits per heavy atom. The molecule has 1 aromatic heterocycles. The lowest BCUT2D eigenvalue weighted by atomic mass is 9.82. The highest BCUT2D eigenvalue weighted by Gasteiger charge is 2.54. The Balaban J connectivity index is 1.71. The normalized spacial score (nSPS) is 29.8. The molecule has 6 nitrogen and oxygen atoms in total. The van der Waals surface area contributed by atoms with Crippen molar-refractivity contribution >= 4 is 5.91 Å². The summed E-state index contributed by atoms with van der Waals surface area (Å²) < 4.78 is 12.9. The maximum atomic E-state index is 13.0. The second-order valence-corrected chi connectivity index (χ2v) is 6.55. The third-order valence-corrected chi connectivity index (χ3v) is 5.05. The van der Waals surface area contributed by atoms with Crippen molar-refractivity contribution in [1.82, 2.24) is 14.7 Å². The number of carbonyl (C=O) groups is 1. The number of carbonyl (C=O) groups excluding carboxylic acids is 1. The molecule has 4 rings (SSSR count). The van der Waals surface area contributed by atoms with Crippen molar-refractivity contribution in [3.63, 3.8) is 0 Å². The average molecular weight is 291 g/mol. The second kappa shape index (κ2) is 4.30. The van der Waals surface area contributed by atoms with Gasteiger partial charge in [-0.05, 0) is 20.3 Å². The van der Waals surface area contributed by atoms with E-state index in [1.165, 1.54) is 0 Å². The fourth-order valence-corrected chi connectivity index (χ4v) is 3.75. The zero-order chi connectivity index (χ0) is 14.8. The first-order valence-electron chi connectivity index (χ1n) is 7.63. The standard InChI is InChI=1S/C15H21N3O3/c1-9-6-11-12(10(2)21-9)16-17(3)13(11)14(19)18-5-4-15(18)7-20-8-15/h9-10H,4-8H2,1-3H3/t9-,10+/m1/s1. The molecule has 0 N–H and O–H groups in total. The van der Waals surface area contributed by atoms with Gasteiger partial charge in [-0.25, -0.2) is 0 Å². The number of hydrogen-bond acceptors (Lipinski definition) is 4. The van der Waals surface area contributed by atoms with Crippen LogP contribution in [0.4, 0.5) is 0 Å². The molecule has 0 aliphatic carbocycles. The zero-order valence-electron chi connectivity index (χ0n) is 12.8. The number of ether oxygens (including phenoxy) is 2. The van der Waals surface area contributed by atoms with Gasteiger partial charge in [0.25, 0.3) is 5.91 Å². The van der Waals surface area contributed by atoms with E-state index in [2.05, 4.69) is 5.10 Å². The predicted octanol–water partition coefficient (Wildman–Crippen LogP) is 1.06. The largest absolute Gasteiger partial charge is 0.376 e. The van der Waals surface area contributed by atoms with Crippen LogP contribution in [0.25, 0.3) is 0 Å². The van der Waals surface area contributed by atoms with E-state index in [1.807, 2.05) is 25.8 Å². The molecule has 4 heterocycles. The van der Waals surface area contributed by atoms with Crippen LogP contribution in [0, 0.1) is 0 Å².